The van der Waals surface area contributed by atoms with Gasteiger partial charge in [-0.3, -0.25) is 20.4 Å². The number of para-hydroxylation sites is 1. The fourth-order valence-electron chi connectivity index (χ4n) is 2.53. The number of amides is 3. The standard InChI is InChI=1S/C16H21N3O5/c1-2-24-16(23)19-9-5-6-11(10-19)14(21)17-18-15(22)12-7-3-4-8-13(12)20/h3-4,7-8,11,20H,2,5-6,9-10H2,1H3,(H,17,21)(H,18,22). The quantitative estimate of drug-likeness (QED) is 0.715. The smallest absolute Gasteiger partial charge is 0.409 e. The average Bonchev–Trinajstić information content (AvgIpc) is 2.60. The minimum Gasteiger partial charge on any atom is -0.507 e. The summed E-state index contributed by atoms with van der Waals surface area (Å²) in [6, 6.07) is 6.03. The lowest BCUT2D eigenvalue weighted by atomic mass is 9.98. The van der Waals surface area contributed by atoms with Crippen LogP contribution in [0.5, 0.6) is 5.75 Å². The number of benzene rings is 1. The first-order valence-electron chi connectivity index (χ1n) is 7.82. The topological polar surface area (TPSA) is 108 Å². The highest BCUT2D eigenvalue weighted by atomic mass is 16.6. The van der Waals surface area contributed by atoms with E-state index in [0.717, 1.165) is 0 Å². The Bertz CT molecular complexity index is 619. The SMILES string of the molecule is CCOC(=O)N1CCCC(C(=O)NNC(=O)c2ccccc2O)C1. The normalized spacial score (nSPS) is 17.0. The van der Waals surface area contributed by atoms with Crippen molar-refractivity contribution in [1.29, 1.82) is 0 Å². The molecular formula is C16H21N3O5. The summed E-state index contributed by atoms with van der Waals surface area (Å²) in [7, 11) is 0. The van der Waals surface area contributed by atoms with E-state index in [4.69, 9.17) is 4.74 Å². The summed E-state index contributed by atoms with van der Waals surface area (Å²) >= 11 is 0. The Labute approximate surface area is 139 Å². The van der Waals surface area contributed by atoms with Crippen molar-refractivity contribution >= 4 is 17.9 Å². The van der Waals surface area contributed by atoms with E-state index < -0.39 is 17.9 Å². The number of hydrazine groups is 1. The number of likely N-dealkylation sites (tertiary alicyclic amines) is 1. The number of hydrogen-bond donors (Lipinski definition) is 3. The monoisotopic (exact) mass is 335 g/mol. The molecule has 1 fully saturated rings. The summed E-state index contributed by atoms with van der Waals surface area (Å²) < 4.78 is 4.94. The molecule has 1 aliphatic heterocycles. The number of aromatic hydroxyl groups is 1. The second-order valence-electron chi connectivity index (χ2n) is 5.44. The first-order valence-corrected chi connectivity index (χ1v) is 7.82. The van der Waals surface area contributed by atoms with E-state index in [0.29, 0.717) is 19.4 Å². The molecule has 24 heavy (non-hydrogen) atoms. The molecule has 0 bridgehead atoms. The lowest BCUT2D eigenvalue weighted by molar-refractivity contribution is -0.127. The van der Waals surface area contributed by atoms with Gasteiger partial charge in [-0.2, -0.15) is 0 Å². The van der Waals surface area contributed by atoms with Crippen LogP contribution in [0.3, 0.4) is 0 Å². The Kier molecular flexibility index (Phi) is 6.00. The van der Waals surface area contributed by atoms with Gasteiger partial charge in [0.15, 0.2) is 0 Å². The number of rotatable bonds is 3. The van der Waals surface area contributed by atoms with Crippen LogP contribution in [-0.2, 0) is 9.53 Å². The number of piperidine rings is 1. The summed E-state index contributed by atoms with van der Waals surface area (Å²) in [5.74, 6) is -1.59. The number of nitrogens with one attached hydrogen (secondary N) is 2. The van der Waals surface area contributed by atoms with Crippen molar-refractivity contribution in [3.8, 4) is 5.75 Å². The van der Waals surface area contributed by atoms with Crippen LogP contribution in [0, 0.1) is 5.92 Å². The van der Waals surface area contributed by atoms with E-state index in [1.807, 2.05) is 0 Å². The molecule has 1 saturated heterocycles. The molecule has 1 heterocycles. The van der Waals surface area contributed by atoms with Gasteiger partial charge in [0.2, 0.25) is 5.91 Å². The van der Waals surface area contributed by atoms with Crippen LogP contribution >= 0.6 is 0 Å². The van der Waals surface area contributed by atoms with Crippen LogP contribution in [0.2, 0.25) is 0 Å². The molecule has 2 rings (SSSR count). The molecule has 1 atom stereocenters. The van der Waals surface area contributed by atoms with E-state index in [-0.39, 0.29) is 30.4 Å². The van der Waals surface area contributed by atoms with Crippen LogP contribution in [0.1, 0.15) is 30.1 Å². The van der Waals surface area contributed by atoms with Gasteiger partial charge in [-0.15, -0.1) is 0 Å². The van der Waals surface area contributed by atoms with E-state index in [9.17, 15) is 19.5 Å². The molecule has 8 heteroatoms. The van der Waals surface area contributed by atoms with Gasteiger partial charge in [-0.25, -0.2) is 4.79 Å². The van der Waals surface area contributed by atoms with Crippen molar-refractivity contribution in [3.05, 3.63) is 29.8 Å². The maximum absolute atomic E-state index is 12.2. The lowest BCUT2D eigenvalue weighted by Gasteiger charge is -2.31. The summed E-state index contributed by atoms with van der Waals surface area (Å²) in [5, 5.41) is 9.61. The Morgan fingerprint density at radius 1 is 1.29 bits per heavy atom. The third-order valence-corrected chi connectivity index (χ3v) is 3.77. The van der Waals surface area contributed by atoms with Gasteiger partial charge in [0.1, 0.15) is 5.75 Å². The van der Waals surface area contributed by atoms with Crippen molar-refractivity contribution in [2.75, 3.05) is 19.7 Å². The third-order valence-electron chi connectivity index (χ3n) is 3.77. The minimum atomic E-state index is -0.612. The molecular weight excluding hydrogens is 314 g/mol. The van der Waals surface area contributed by atoms with Crippen LogP contribution < -0.4 is 10.9 Å². The van der Waals surface area contributed by atoms with E-state index in [1.165, 1.54) is 17.0 Å². The fraction of sp³-hybridized carbons (Fsp3) is 0.438. The summed E-state index contributed by atoms with van der Waals surface area (Å²) in [5.41, 5.74) is 4.68. The molecule has 0 radical (unpaired) electrons. The van der Waals surface area contributed by atoms with Gasteiger partial charge in [0.05, 0.1) is 18.1 Å². The second-order valence-corrected chi connectivity index (χ2v) is 5.44. The van der Waals surface area contributed by atoms with Crippen LogP contribution in [-0.4, -0.2) is 47.6 Å². The zero-order valence-corrected chi connectivity index (χ0v) is 13.4. The highest BCUT2D eigenvalue weighted by molar-refractivity contribution is 5.97. The molecule has 0 saturated carbocycles. The molecule has 130 valence electrons. The summed E-state index contributed by atoms with van der Waals surface area (Å²) in [4.78, 5) is 37.3. The van der Waals surface area contributed by atoms with Crippen LogP contribution in [0.25, 0.3) is 0 Å². The van der Waals surface area contributed by atoms with Gasteiger partial charge in [0, 0.05) is 13.1 Å². The largest absolute Gasteiger partial charge is 0.507 e. The van der Waals surface area contributed by atoms with Gasteiger partial charge < -0.3 is 14.7 Å². The first kappa shape index (κ1) is 17.6. The number of phenolic OH excluding ortho intramolecular Hbond substituents is 1. The molecule has 8 nitrogen and oxygen atoms in total. The summed E-state index contributed by atoms with van der Waals surface area (Å²) in [6.45, 7) is 2.80. The van der Waals surface area contributed by atoms with Gasteiger partial charge in [0.25, 0.3) is 5.91 Å². The zero-order valence-electron chi connectivity index (χ0n) is 13.4. The minimum absolute atomic E-state index is 0.0644. The maximum atomic E-state index is 12.2. The number of carbonyl (C=O) groups excluding carboxylic acids is 3. The average molecular weight is 335 g/mol. The highest BCUT2D eigenvalue weighted by Crippen LogP contribution is 2.18. The van der Waals surface area contributed by atoms with Crippen LogP contribution in [0.4, 0.5) is 4.79 Å². The maximum Gasteiger partial charge on any atom is 0.409 e. The number of phenols is 1. The van der Waals surface area contributed by atoms with E-state index in [2.05, 4.69) is 10.9 Å². The van der Waals surface area contributed by atoms with Gasteiger partial charge in [-0.05, 0) is 31.9 Å². The predicted octanol–water partition coefficient (Wildman–Crippen LogP) is 1.02. The van der Waals surface area contributed by atoms with Crippen LogP contribution in [0.15, 0.2) is 24.3 Å². The third kappa shape index (κ3) is 4.37. The summed E-state index contributed by atoms with van der Waals surface area (Å²) in [6.07, 6.45) is 0.867. The molecule has 1 aliphatic rings. The van der Waals surface area contributed by atoms with Crippen molar-refractivity contribution < 1.29 is 24.2 Å². The highest BCUT2D eigenvalue weighted by Gasteiger charge is 2.29. The zero-order chi connectivity index (χ0) is 17.5. The molecule has 1 aromatic carbocycles. The van der Waals surface area contributed by atoms with E-state index in [1.54, 1.807) is 19.1 Å². The molecule has 0 aromatic heterocycles. The number of carbonyl (C=O) groups is 3. The van der Waals surface area contributed by atoms with Crippen molar-refractivity contribution in [1.82, 2.24) is 15.8 Å². The molecule has 0 aliphatic carbocycles. The van der Waals surface area contributed by atoms with Gasteiger partial charge >= 0.3 is 6.09 Å². The molecule has 1 aromatic rings. The Balaban J connectivity index is 1.87. The predicted molar refractivity (Wildman–Crippen MR) is 85.0 cm³/mol. The lowest BCUT2D eigenvalue weighted by Crippen LogP contribution is -2.50. The number of nitrogens with zero attached hydrogens (tertiary/aromatic N) is 1. The molecule has 1 unspecified atom stereocenters. The molecule has 3 N–H and O–H groups in total. The van der Waals surface area contributed by atoms with Crippen molar-refractivity contribution in [2.45, 2.75) is 19.8 Å². The second kappa shape index (κ2) is 8.19. The molecule has 3 amide bonds. The number of ether oxygens (including phenoxy) is 1. The molecule has 0 spiro atoms. The van der Waals surface area contributed by atoms with Gasteiger partial charge in [-0.1, -0.05) is 12.1 Å². The van der Waals surface area contributed by atoms with E-state index >= 15 is 0 Å². The van der Waals surface area contributed by atoms with Crippen molar-refractivity contribution in [3.63, 3.8) is 0 Å². The Morgan fingerprint density at radius 3 is 2.75 bits per heavy atom. The van der Waals surface area contributed by atoms with Crippen molar-refractivity contribution in [2.24, 2.45) is 5.92 Å². The Morgan fingerprint density at radius 2 is 2.04 bits per heavy atom. The number of hydrogen-bond acceptors (Lipinski definition) is 5. The Hall–Kier alpha value is -2.77. The first-order chi connectivity index (χ1) is 11.5. The fourth-order valence-corrected chi connectivity index (χ4v) is 2.53.